The average Bonchev–Trinajstić information content (AvgIpc) is 3.11. The van der Waals surface area contributed by atoms with E-state index in [0.717, 1.165) is 22.5 Å². The maximum atomic E-state index is 4.52. The molecule has 0 saturated carbocycles. The Bertz CT molecular complexity index is 2230. The molecular formula is C44H32N2. The Balaban J connectivity index is 1.26. The van der Waals surface area contributed by atoms with Crippen molar-refractivity contribution < 1.29 is 0 Å². The minimum Gasteiger partial charge on any atom is -0.261 e. The van der Waals surface area contributed by atoms with Crippen LogP contribution in [-0.4, -0.2) is 9.97 Å². The average molecular weight is 589 g/mol. The van der Waals surface area contributed by atoms with E-state index in [0.29, 0.717) is 0 Å². The molecule has 0 fully saturated rings. The molecule has 2 heteroatoms. The fourth-order valence-corrected chi connectivity index (χ4v) is 6.86. The Morgan fingerprint density at radius 3 is 1.04 bits per heavy atom. The zero-order valence-corrected chi connectivity index (χ0v) is 25.9. The Morgan fingerprint density at radius 2 is 0.652 bits per heavy atom. The summed E-state index contributed by atoms with van der Waals surface area (Å²) in [4.78, 5) is 9.04. The van der Waals surface area contributed by atoms with Crippen LogP contribution in [0.1, 0.15) is 11.4 Å². The molecule has 0 N–H and O–H groups in total. The smallest absolute Gasteiger partial charge is 0.0450 e. The van der Waals surface area contributed by atoms with Crippen LogP contribution in [0.25, 0.3) is 77.2 Å². The molecule has 0 aliphatic heterocycles. The van der Waals surface area contributed by atoms with Crippen LogP contribution in [0.2, 0.25) is 0 Å². The van der Waals surface area contributed by atoms with E-state index in [4.69, 9.17) is 0 Å². The predicted molar refractivity (Wildman–Crippen MR) is 194 cm³/mol. The van der Waals surface area contributed by atoms with E-state index in [2.05, 4.69) is 157 Å². The van der Waals surface area contributed by atoms with E-state index < -0.39 is 0 Å². The summed E-state index contributed by atoms with van der Waals surface area (Å²) in [6, 6.07) is 52.7. The van der Waals surface area contributed by atoms with Gasteiger partial charge < -0.3 is 0 Å². The molecule has 8 rings (SSSR count). The number of benzene rings is 6. The van der Waals surface area contributed by atoms with Crippen molar-refractivity contribution in [2.45, 2.75) is 13.8 Å². The fraction of sp³-hybridized carbons (Fsp3) is 0.0455. The maximum Gasteiger partial charge on any atom is 0.0450 e. The topological polar surface area (TPSA) is 25.8 Å². The van der Waals surface area contributed by atoms with Crippen molar-refractivity contribution in [2.75, 3.05) is 0 Å². The molecule has 0 saturated heterocycles. The van der Waals surface area contributed by atoms with Crippen LogP contribution >= 0.6 is 0 Å². The van der Waals surface area contributed by atoms with Gasteiger partial charge in [0.05, 0.1) is 0 Å². The molecule has 0 radical (unpaired) electrons. The van der Waals surface area contributed by atoms with Gasteiger partial charge >= 0.3 is 0 Å². The highest BCUT2D eigenvalue weighted by Crippen LogP contribution is 2.42. The molecule has 2 aromatic heterocycles. The molecule has 218 valence electrons. The van der Waals surface area contributed by atoms with E-state index >= 15 is 0 Å². The summed E-state index contributed by atoms with van der Waals surface area (Å²) in [6.45, 7) is 4.14. The first-order valence-corrected chi connectivity index (χ1v) is 15.7. The molecule has 0 aliphatic carbocycles. The molecule has 0 spiro atoms. The first-order valence-electron chi connectivity index (χ1n) is 15.7. The van der Waals surface area contributed by atoms with Crippen LogP contribution in [-0.2, 0) is 0 Å². The van der Waals surface area contributed by atoms with Gasteiger partial charge in [-0.1, -0.05) is 121 Å². The Labute approximate surface area is 269 Å². The van der Waals surface area contributed by atoms with Crippen LogP contribution in [0.3, 0.4) is 0 Å². The quantitative estimate of drug-likeness (QED) is 0.200. The molecule has 0 aliphatic rings. The van der Waals surface area contributed by atoms with Gasteiger partial charge in [0.15, 0.2) is 0 Å². The third kappa shape index (κ3) is 4.85. The van der Waals surface area contributed by atoms with Crippen molar-refractivity contribution >= 4 is 21.5 Å². The van der Waals surface area contributed by atoms with Crippen molar-refractivity contribution in [3.05, 3.63) is 169 Å². The normalized spacial score (nSPS) is 11.3. The number of nitrogens with zero attached hydrogens (tertiary/aromatic N) is 2. The van der Waals surface area contributed by atoms with Crippen LogP contribution in [0.4, 0.5) is 0 Å². The molecule has 8 aromatic rings. The number of rotatable bonds is 5. The summed E-state index contributed by atoms with van der Waals surface area (Å²) in [6.07, 6.45) is 3.71. The number of hydrogen-bond donors (Lipinski definition) is 0. The highest BCUT2D eigenvalue weighted by atomic mass is 14.7. The second kappa shape index (κ2) is 11.6. The molecule has 2 nitrogen and oxygen atoms in total. The SMILES string of the molecule is Cc1ncccc1-c1cccc(-c2ccc(-c3ccc(-c4cccc(-c5cccnc5C)c4)c4ccccc34)c3ccccc23)c1. The van der Waals surface area contributed by atoms with E-state index in [9.17, 15) is 0 Å². The lowest BCUT2D eigenvalue weighted by Crippen LogP contribution is -1.91. The van der Waals surface area contributed by atoms with Crippen LogP contribution in [0.5, 0.6) is 0 Å². The summed E-state index contributed by atoms with van der Waals surface area (Å²) >= 11 is 0. The third-order valence-corrected chi connectivity index (χ3v) is 9.12. The molecule has 0 amide bonds. The van der Waals surface area contributed by atoms with Crippen LogP contribution in [0.15, 0.2) is 158 Å². The maximum absolute atomic E-state index is 4.52. The zero-order valence-electron chi connectivity index (χ0n) is 25.9. The number of pyridine rings is 2. The van der Waals surface area contributed by atoms with Crippen molar-refractivity contribution in [3.63, 3.8) is 0 Å². The number of aromatic nitrogens is 2. The monoisotopic (exact) mass is 588 g/mol. The molecule has 46 heavy (non-hydrogen) atoms. The van der Waals surface area contributed by atoms with Crippen molar-refractivity contribution in [3.8, 4) is 55.6 Å². The van der Waals surface area contributed by atoms with E-state index in [1.807, 2.05) is 24.5 Å². The lowest BCUT2D eigenvalue weighted by Gasteiger charge is -2.16. The molecule has 6 aromatic carbocycles. The Morgan fingerprint density at radius 1 is 0.304 bits per heavy atom. The minimum absolute atomic E-state index is 1.04. The molecule has 0 bridgehead atoms. The molecule has 0 atom stereocenters. The van der Waals surface area contributed by atoms with Crippen molar-refractivity contribution in [2.24, 2.45) is 0 Å². The molecular weight excluding hydrogens is 556 g/mol. The summed E-state index contributed by atoms with van der Waals surface area (Å²) in [5.41, 5.74) is 14.1. The van der Waals surface area contributed by atoms with Crippen molar-refractivity contribution in [1.29, 1.82) is 0 Å². The molecule has 2 heterocycles. The van der Waals surface area contributed by atoms with Gasteiger partial charge in [0.2, 0.25) is 0 Å². The van der Waals surface area contributed by atoms with Crippen LogP contribution < -0.4 is 0 Å². The van der Waals surface area contributed by atoms with Gasteiger partial charge in [0.25, 0.3) is 0 Å². The zero-order chi connectivity index (χ0) is 31.0. The van der Waals surface area contributed by atoms with Gasteiger partial charge in [-0.05, 0) is 104 Å². The highest BCUT2D eigenvalue weighted by molar-refractivity contribution is 6.12. The third-order valence-electron chi connectivity index (χ3n) is 9.12. The number of hydrogen-bond acceptors (Lipinski definition) is 2. The standard InChI is InChI=1S/C44H32N2/c1-29-35(19-9-25-45-29)31-11-7-13-33(27-31)37-21-23-43(41-17-5-3-15-39(37)41)44-24-22-38(40-16-4-6-18-42(40)44)34-14-8-12-32(28-34)36-20-10-26-46-30(36)2/h3-28H,1-2H3. The van der Waals surface area contributed by atoms with E-state index in [1.165, 1.54) is 66.1 Å². The summed E-state index contributed by atoms with van der Waals surface area (Å²) in [7, 11) is 0. The van der Waals surface area contributed by atoms with E-state index in [1.54, 1.807) is 0 Å². The summed E-state index contributed by atoms with van der Waals surface area (Å²) in [5.74, 6) is 0. The van der Waals surface area contributed by atoms with Gasteiger partial charge in [0, 0.05) is 34.9 Å². The van der Waals surface area contributed by atoms with Gasteiger partial charge in [-0.25, -0.2) is 0 Å². The van der Waals surface area contributed by atoms with Gasteiger partial charge in [0.1, 0.15) is 0 Å². The number of fused-ring (bicyclic) bond motifs is 2. The largest absolute Gasteiger partial charge is 0.261 e. The summed E-state index contributed by atoms with van der Waals surface area (Å²) < 4.78 is 0. The van der Waals surface area contributed by atoms with Gasteiger partial charge in [-0.3, -0.25) is 9.97 Å². The summed E-state index contributed by atoms with van der Waals surface area (Å²) in [5, 5.41) is 4.98. The second-order valence-electron chi connectivity index (χ2n) is 11.8. The van der Waals surface area contributed by atoms with E-state index in [-0.39, 0.29) is 0 Å². The first kappa shape index (κ1) is 27.7. The lowest BCUT2D eigenvalue weighted by atomic mass is 9.87. The fourth-order valence-electron chi connectivity index (χ4n) is 6.86. The Hall–Kier alpha value is -5.86. The van der Waals surface area contributed by atoms with Crippen molar-refractivity contribution in [1.82, 2.24) is 9.97 Å². The minimum atomic E-state index is 1.04. The molecule has 0 unspecified atom stereocenters. The van der Waals surface area contributed by atoms with Gasteiger partial charge in [-0.15, -0.1) is 0 Å². The van der Waals surface area contributed by atoms with Crippen LogP contribution in [0, 0.1) is 13.8 Å². The first-order chi connectivity index (χ1) is 22.7. The predicted octanol–water partition coefficient (Wildman–Crippen LogP) is 11.7. The Kier molecular flexibility index (Phi) is 6.96. The number of aryl methyl sites for hydroxylation is 2. The highest BCUT2D eigenvalue weighted by Gasteiger charge is 2.15. The van der Waals surface area contributed by atoms with Gasteiger partial charge in [-0.2, -0.15) is 0 Å². The lowest BCUT2D eigenvalue weighted by molar-refractivity contribution is 1.20. The second-order valence-corrected chi connectivity index (χ2v) is 11.8.